The highest BCUT2D eigenvalue weighted by molar-refractivity contribution is 6.09. The maximum Gasteiger partial charge on any atom is 0.160 e. The Kier molecular flexibility index (Phi) is 7.10. The molecule has 0 saturated heterocycles. The van der Waals surface area contributed by atoms with Crippen molar-refractivity contribution in [2.24, 2.45) is 0 Å². The van der Waals surface area contributed by atoms with Gasteiger partial charge >= 0.3 is 0 Å². The summed E-state index contributed by atoms with van der Waals surface area (Å²) in [5.74, 6) is 0.670. The van der Waals surface area contributed by atoms with E-state index in [-0.39, 0.29) is 0 Å². The van der Waals surface area contributed by atoms with Crippen LogP contribution in [0.25, 0.3) is 89.2 Å². The lowest BCUT2D eigenvalue weighted by atomic mass is 9.93. The molecule has 0 N–H and O–H groups in total. The van der Waals surface area contributed by atoms with Crippen molar-refractivity contribution in [3.63, 3.8) is 0 Å². The Morgan fingerprint density at radius 2 is 0.980 bits per heavy atom. The number of para-hydroxylation sites is 2. The first kappa shape index (κ1) is 28.6. The van der Waals surface area contributed by atoms with Crippen molar-refractivity contribution in [1.82, 2.24) is 15.0 Å². The van der Waals surface area contributed by atoms with Crippen LogP contribution >= 0.6 is 0 Å². The van der Waals surface area contributed by atoms with Crippen molar-refractivity contribution in [2.45, 2.75) is 0 Å². The number of nitrogens with zero attached hydrogens (tertiary/aromatic N) is 3. The number of pyridine rings is 1. The molecule has 0 atom stereocenters. The Labute approximate surface area is 284 Å². The number of fused-ring (bicyclic) bond motifs is 3. The summed E-state index contributed by atoms with van der Waals surface area (Å²) < 4.78 is 6.51. The van der Waals surface area contributed by atoms with Crippen LogP contribution in [0.4, 0.5) is 0 Å². The minimum atomic E-state index is 0.670. The van der Waals surface area contributed by atoms with Crippen molar-refractivity contribution >= 4 is 21.9 Å². The smallest absolute Gasteiger partial charge is 0.160 e. The molecule has 0 fully saturated rings. The molecule has 4 nitrogen and oxygen atoms in total. The van der Waals surface area contributed by atoms with E-state index in [2.05, 4.69) is 120 Å². The van der Waals surface area contributed by atoms with Gasteiger partial charge in [0.1, 0.15) is 11.2 Å². The molecule has 0 aliphatic heterocycles. The summed E-state index contributed by atoms with van der Waals surface area (Å²) >= 11 is 0. The Balaban J connectivity index is 1.30. The molecule has 230 valence electrons. The zero-order valence-corrected chi connectivity index (χ0v) is 26.5. The van der Waals surface area contributed by atoms with Gasteiger partial charge in [0.2, 0.25) is 0 Å². The molecule has 4 heteroatoms. The van der Waals surface area contributed by atoms with Gasteiger partial charge in [-0.25, -0.2) is 9.97 Å². The molecule has 9 aromatic rings. The highest BCUT2D eigenvalue weighted by Crippen LogP contribution is 2.40. The van der Waals surface area contributed by atoms with Gasteiger partial charge in [-0.2, -0.15) is 0 Å². The molecule has 9 rings (SSSR count). The summed E-state index contributed by atoms with van der Waals surface area (Å²) in [5, 5.41) is 2.21. The van der Waals surface area contributed by atoms with Gasteiger partial charge in [0.25, 0.3) is 0 Å². The molecule has 0 spiro atoms. The molecule has 0 saturated carbocycles. The predicted molar refractivity (Wildman–Crippen MR) is 200 cm³/mol. The second kappa shape index (κ2) is 12.2. The van der Waals surface area contributed by atoms with E-state index in [1.165, 1.54) is 0 Å². The number of hydrogen-bond donors (Lipinski definition) is 0. The van der Waals surface area contributed by atoms with Gasteiger partial charge in [-0.05, 0) is 70.3 Å². The minimum Gasteiger partial charge on any atom is -0.455 e. The van der Waals surface area contributed by atoms with Crippen LogP contribution in [-0.2, 0) is 0 Å². The molecular formula is C45H29N3O. The van der Waals surface area contributed by atoms with E-state index in [9.17, 15) is 0 Å². The minimum absolute atomic E-state index is 0.670. The Hall–Kier alpha value is -6.65. The molecule has 3 heterocycles. The fourth-order valence-electron chi connectivity index (χ4n) is 6.64. The summed E-state index contributed by atoms with van der Waals surface area (Å²) in [6.45, 7) is 0. The highest BCUT2D eigenvalue weighted by Gasteiger charge is 2.18. The van der Waals surface area contributed by atoms with Gasteiger partial charge in [0.05, 0.1) is 11.4 Å². The van der Waals surface area contributed by atoms with Gasteiger partial charge in [-0.1, -0.05) is 121 Å². The zero-order chi connectivity index (χ0) is 32.6. The van der Waals surface area contributed by atoms with E-state index in [1.807, 2.05) is 60.9 Å². The van der Waals surface area contributed by atoms with Crippen molar-refractivity contribution in [3.8, 4) is 67.3 Å². The number of hydrogen-bond acceptors (Lipinski definition) is 4. The summed E-state index contributed by atoms with van der Waals surface area (Å²) in [6.07, 6.45) is 3.65. The monoisotopic (exact) mass is 627 g/mol. The number of rotatable bonds is 6. The second-order valence-electron chi connectivity index (χ2n) is 12.1. The fraction of sp³-hybridized carbons (Fsp3) is 0. The number of aromatic nitrogens is 3. The maximum absolute atomic E-state index is 6.51. The topological polar surface area (TPSA) is 51.8 Å². The van der Waals surface area contributed by atoms with E-state index < -0.39 is 0 Å². The molecule has 0 radical (unpaired) electrons. The van der Waals surface area contributed by atoms with E-state index in [4.69, 9.17) is 14.4 Å². The molecular weight excluding hydrogens is 599 g/mol. The summed E-state index contributed by atoms with van der Waals surface area (Å²) in [7, 11) is 0. The van der Waals surface area contributed by atoms with E-state index in [1.54, 1.807) is 0 Å². The van der Waals surface area contributed by atoms with E-state index in [0.717, 1.165) is 83.4 Å². The van der Waals surface area contributed by atoms with Crippen LogP contribution in [-0.4, -0.2) is 15.0 Å². The Morgan fingerprint density at radius 1 is 0.367 bits per heavy atom. The van der Waals surface area contributed by atoms with Crippen LogP contribution in [0.3, 0.4) is 0 Å². The Bertz CT molecular complexity index is 2590. The van der Waals surface area contributed by atoms with E-state index in [0.29, 0.717) is 5.82 Å². The lowest BCUT2D eigenvalue weighted by Gasteiger charge is -2.15. The molecule has 0 aliphatic rings. The van der Waals surface area contributed by atoms with Crippen molar-refractivity contribution in [1.29, 1.82) is 0 Å². The van der Waals surface area contributed by atoms with Crippen LogP contribution in [0.2, 0.25) is 0 Å². The number of furan rings is 1. The predicted octanol–water partition coefficient (Wildman–Crippen LogP) is 11.8. The quantitative estimate of drug-likeness (QED) is 0.184. The highest BCUT2D eigenvalue weighted by atomic mass is 16.3. The van der Waals surface area contributed by atoms with E-state index >= 15 is 0 Å². The van der Waals surface area contributed by atoms with Gasteiger partial charge in [0.15, 0.2) is 5.82 Å². The van der Waals surface area contributed by atoms with Gasteiger partial charge < -0.3 is 4.42 Å². The molecule has 0 amide bonds. The van der Waals surface area contributed by atoms with Crippen LogP contribution in [0.5, 0.6) is 0 Å². The zero-order valence-electron chi connectivity index (χ0n) is 26.5. The molecule has 0 bridgehead atoms. The van der Waals surface area contributed by atoms with Crippen molar-refractivity contribution in [3.05, 3.63) is 176 Å². The third-order valence-corrected chi connectivity index (χ3v) is 9.00. The largest absolute Gasteiger partial charge is 0.455 e. The standard InChI is InChI=1S/C45H29N3O/c1-3-12-30(13-4-1)33-26-34(37-19-11-20-40-39-18-9-10-21-43(39)49-44(37)40)28-35(27-33)41-29-42(48-45(47-41)32-14-5-2-6-15-32)38-17-8-7-16-36(38)31-22-24-46-25-23-31/h1-29H. The van der Waals surface area contributed by atoms with Crippen molar-refractivity contribution in [2.75, 3.05) is 0 Å². The molecule has 3 aromatic heterocycles. The average molecular weight is 628 g/mol. The van der Waals surface area contributed by atoms with Gasteiger partial charge in [-0.3, -0.25) is 4.98 Å². The average Bonchev–Trinajstić information content (AvgIpc) is 3.58. The first-order valence-corrected chi connectivity index (χ1v) is 16.3. The van der Waals surface area contributed by atoms with Crippen LogP contribution in [0.15, 0.2) is 181 Å². The summed E-state index contributed by atoms with van der Waals surface area (Å²) in [4.78, 5) is 14.6. The van der Waals surface area contributed by atoms with Crippen LogP contribution < -0.4 is 0 Å². The molecule has 0 unspecified atom stereocenters. The third kappa shape index (κ3) is 5.35. The van der Waals surface area contributed by atoms with Gasteiger partial charge in [-0.15, -0.1) is 0 Å². The summed E-state index contributed by atoms with van der Waals surface area (Å²) in [6, 6.07) is 56.6. The lowest BCUT2D eigenvalue weighted by molar-refractivity contribution is 0.670. The fourth-order valence-corrected chi connectivity index (χ4v) is 6.64. The Morgan fingerprint density at radius 3 is 1.80 bits per heavy atom. The van der Waals surface area contributed by atoms with Gasteiger partial charge in [0, 0.05) is 45.4 Å². The number of benzene rings is 6. The normalized spacial score (nSPS) is 11.3. The first-order valence-electron chi connectivity index (χ1n) is 16.3. The van der Waals surface area contributed by atoms with Crippen LogP contribution in [0.1, 0.15) is 0 Å². The SMILES string of the molecule is c1ccc(-c2cc(-c3cc(-c4ccccc4-c4ccncc4)nc(-c4ccccc4)n3)cc(-c3cccc4c3oc3ccccc34)c2)cc1. The van der Waals surface area contributed by atoms with Crippen molar-refractivity contribution < 1.29 is 4.42 Å². The second-order valence-corrected chi connectivity index (χ2v) is 12.1. The van der Waals surface area contributed by atoms with Crippen LogP contribution in [0, 0.1) is 0 Å². The maximum atomic E-state index is 6.51. The molecule has 49 heavy (non-hydrogen) atoms. The molecule has 6 aromatic carbocycles. The lowest BCUT2D eigenvalue weighted by Crippen LogP contribution is -1.97. The molecule has 0 aliphatic carbocycles. The third-order valence-electron chi connectivity index (χ3n) is 9.00. The summed E-state index contributed by atoms with van der Waals surface area (Å²) in [5.41, 5.74) is 12.9. The first-order chi connectivity index (χ1) is 24.3.